The van der Waals surface area contributed by atoms with Crippen LogP contribution in [0, 0.1) is 0 Å². The van der Waals surface area contributed by atoms with E-state index in [0.29, 0.717) is 39.9 Å². The van der Waals surface area contributed by atoms with Gasteiger partial charge in [-0.15, -0.1) is 0 Å². The van der Waals surface area contributed by atoms with Crippen LogP contribution in [0.25, 0.3) is 10.9 Å². The van der Waals surface area contributed by atoms with Crippen molar-refractivity contribution in [2.45, 2.75) is 45.3 Å². The highest BCUT2D eigenvalue weighted by atomic mass is 16.6. The molecule has 0 radical (unpaired) electrons. The van der Waals surface area contributed by atoms with Gasteiger partial charge < -0.3 is 39.8 Å². The van der Waals surface area contributed by atoms with E-state index in [1.165, 1.54) is 0 Å². The zero-order chi connectivity index (χ0) is 32.0. The van der Waals surface area contributed by atoms with Crippen LogP contribution in [0.1, 0.15) is 33.6 Å². The maximum Gasteiger partial charge on any atom is 0.407 e. The maximum atomic E-state index is 12.8. The number of ether oxygens (including phenoxy) is 4. The van der Waals surface area contributed by atoms with Crippen LogP contribution in [0.4, 0.5) is 26.7 Å². The Hall–Kier alpha value is -5.19. The van der Waals surface area contributed by atoms with Crippen molar-refractivity contribution in [3.05, 3.63) is 72.9 Å². The van der Waals surface area contributed by atoms with Crippen LogP contribution >= 0.6 is 0 Å². The van der Waals surface area contributed by atoms with Crippen LogP contribution in [-0.4, -0.2) is 56.1 Å². The topological polar surface area (TPSA) is 123 Å². The number of urea groups is 1. The second-order valence-corrected chi connectivity index (χ2v) is 11.7. The zero-order valence-electron chi connectivity index (χ0n) is 26.2. The third-order valence-corrected chi connectivity index (χ3v) is 7.23. The molecule has 45 heavy (non-hydrogen) atoms. The van der Waals surface area contributed by atoms with E-state index < -0.39 is 5.60 Å². The molecule has 0 atom stereocenters. The molecule has 4 aromatic rings. The number of nitrogens with zero attached hydrogens (tertiary/aromatic N) is 2. The lowest BCUT2D eigenvalue weighted by molar-refractivity contribution is 0.0497. The second kappa shape index (κ2) is 13.6. The number of rotatable bonds is 8. The SMILES string of the molecule is COc1cc2nccc(Oc3cccc(NC(=O)Nc4ccc(N5CCC(NC(=O)OC(C)(C)C)CC5)cc4)c3)c2cc1OC. The quantitative estimate of drug-likeness (QED) is 0.191. The molecule has 1 aliphatic rings. The molecule has 5 rings (SSSR count). The molecule has 0 saturated carbocycles. The van der Waals surface area contributed by atoms with Crippen molar-refractivity contribution in [3.63, 3.8) is 0 Å². The number of anilines is 3. The number of aromatic nitrogens is 1. The van der Waals surface area contributed by atoms with Gasteiger partial charge in [-0.1, -0.05) is 6.07 Å². The number of carbonyl (C=O) groups is 2. The first kappa shape index (κ1) is 31.2. The lowest BCUT2D eigenvalue weighted by Crippen LogP contribution is -2.46. The Labute approximate surface area is 262 Å². The molecule has 11 nitrogen and oxygen atoms in total. The first-order chi connectivity index (χ1) is 21.6. The number of pyridine rings is 1. The number of alkyl carbamates (subject to hydrolysis) is 1. The molecular weight excluding hydrogens is 574 g/mol. The highest BCUT2D eigenvalue weighted by Crippen LogP contribution is 2.37. The summed E-state index contributed by atoms with van der Waals surface area (Å²) in [5, 5.41) is 9.47. The summed E-state index contributed by atoms with van der Waals surface area (Å²) in [5.74, 6) is 2.28. The fraction of sp³-hybridized carbons (Fsp3) is 0.324. The van der Waals surface area contributed by atoms with E-state index in [2.05, 4.69) is 25.8 Å². The summed E-state index contributed by atoms with van der Waals surface area (Å²) in [7, 11) is 3.15. The van der Waals surface area contributed by atoms with E-state index in [-0.39, 0.29) is 18.2 Å². The Kier molecular flexibility index (Phi) is 9.46. The maximum absolute atomic E-state index is 12.8. The molecule has 3 aromatic carbocycles. The Morgan fingerprint density at radius 2 is 1.53 bits per heavy atom. The molecule has 1 fully saturated rings. The molecule has 0 aliphatic carbocycles. The number of methoxy groups -OCH3 is 2. The third kappa shape index (κ3) is 8.26. The van der Waals surface area contributed by atoms with E-state index in [4.69, 9.17) is 18.9 Å². The molecular formula is C34H39N5O6. The van der Waals surface area contributed by atoms with Crippen molar-refractivity contribution >= 4 is 40.1 Å². The van der Waals surface area contributed by atoms with E-state index in [1.54, 1.807) is 50.7 Å². The summed E-state index contributed by atoms with van der Waals surface area (Å²) >= 11 is 0. The van der Waals surface area contributed by atoms with Crippen LogP contribution in [0.5, 0.6) is 23.0 Å². The van der Waals surface area contributed by atoms with Gasteiger partial charge in [-0.25, -0.2) is 9.59 Å². The summed E-state index contributed by atoms with van der Waals surface area (Å²) in [6.07, 6.45) is 2.94. The normalized spacial score (nSPS) is 13.6. The van der Waals surface area contributed by atoms with E-state index in [1.807, 2.05) is 57.2 Å². The van der Waals surface area contributed by atoms with Gasteiger partial charge in [-0.3, -0.25) is 4.98 Å². The van der Waals surface area contributed by atoms with Gasteiger partial charge in [0.25, 0.3) is 0 Å². The summed E-state index contributed by atoms with van der Waals surface area (Å²) in [4.78, 5) is 31.6. The zero-order valence-corrected chi connectivity index (χ0v) is 26.2. The molecule has 3 N–H and O–H groups in total. The molecule has 236 valence electrons. The Morgan fingerprint density at radius 1 is 0.844 bits per heavy atom. The lowest BCUT2D eigenvalue weighted by Gasteiger charge is -2.34. The molecule has 11 heteroatoms. The number of hydrogen-bond acceptors (Lipinski definition) is 8. The fourth-order valence-electron chi connectivity index (χ4n) is 5.11. The van der Waals surface area contributed by atoms with Crippen molar-refractivity contribution in [3.8, 4) is 23.0 Å². The van der Waals surface area contributed by atoms with Gasteiger partial charge in [-0.05, 0) is 82.1 Å². The average Bonchev–Trinajstić information content (AvgIpc) is 3.00. The largest absolute Gasteiger partial charge is 0.493 e. The summed E-state index contributed by atoms with van der Waals surface area (Å²) < 4.78 is 22.4. The number of amides is 3. The monoisotopic (exact) mass is 613 g/mol. The van der Waals surface area contributed by atoms with E-state index in [9.17, 15) is 9.59 Å². The van der Waals surface area contributed by atoms with Gasteiger partial charge in [0.2, 0.25) is 0 Å². The Bertz CT molecular complexity index is 1650. The smallest absolute Gasteiger partial charge is 0.407 e. The minimum absolute atomic E-state index is 0.0845. The molecule has 0 unspecified atom stereocenters. The number of carbonyl (C=O) groups excluding carboxylic acids is 2. The molecule has 3 amide bonds. The highest BCUT2D eigenvalue weighted by molar-refractivity contribution is 6.00. The first-order valence-electron chi connectivity index (χ1n) is 14.8. The van der Waals surface area contributed by atoms with Crippen LogP contribution in [0.15, 0.2) is 72.9 Å². The second-order valence-electron chi connectivity index (χ2n) is 11.7. The van der Waals surface area contributed by atoms with Gasteiger partial charge in [0.1, 0.15) is 17.1 Å². The number of fused-ring (bicyclic) bond motifs is 1. The van der Waals surface area contributed by atoms with Gasteiger partial charge >= 0.3 is 12.1 Å². The summed E-state index contributed by atoms with van der Waals surface area (Å²) in [6.45, 7) is 7.18. The number of hydrogen-bond donors (Lipinski definition) is 3. The number of piperidine rings is 1. The minimum Gasteiger partial charge on any atom is -0.493 e. The predicted molar refractivity (Wildman–Crippen MR) is 175 cm³/mol. The van der Waals surface area contributed by atoms with Gasteiger partial charge in [0.15, 0.2) is 11.5 Å². The molecule has 0 bridgehead atoms. The Morgan fingerprint density at radius 3 is 2.22 bits per heavy atom. The number of benzene rings is 3. The van der Waals surface area contributed by atoms with Gasteiger partial charge in [0, 0.05) is 59.9 Å². The molecule has 0 spiro atoms. The standard InChI is InChI=1S/C34H39N5O6/c1-34(2,3)45-33(41)38-23-14-17-39(18-15-23)25-11-9-22(10-12-25)36-32(40)37-24-7-6-8-26(19-24)44-29-13-16-35-28-21-31(43-5)30(42-4)20-27(28)29/h6-13,16,19-21,23H,14-15,17-18H2,1-5H3,(H,38,41)(H2,36,37,40). The van der Waals surface area contributed by atoms with E-state index in [0.717, 1.165) is 37.0 Å². The molecule has 2 heterocycles. The van der Waals surface area contributed by atoms with E-state index >= 15 is 0 Å². The lowest BCUT2D eigenvalue weighted by atomic mass is 10.0. The predicted octanol–water partition coefficient (Wildman–Crippen LogP) is 7.18. The van der Waals surface area contributed by atoms with Crippen molar-refractivity contribution in [2.75, 3.05) is 42.8 Å². The molecule has 1 aromatic heterocycles. The van der Waals surface area contributed by atoms with Crippen molar-refractivity contribution in [1.82, 2.24) is 10.3 Å². The van der Waals surface area contributed by atoms with Crippen LogP contribution in [-0.2, 0) is 4.74 Å². The van der Waals surface area contributed by atoms with Crippen molar-refractivity contribution in [1.29, 1.82) is 0 Å². The fourth-order valence-corrected chi connectivity index (χ4v) is 5.11. The van der Waals surface area contributed by atoms with Crippen LogP contribution in [0.3, 0.4) is 0 Å². The number of nitrogens with one attached hydrogen (secondary N) is 3. The van der Waals surface area contributed by atoms with Crippen LogP contribution < -0.4 is 35.1 Å². The van der Waals surface area contributed by atoms with Crippen LogP contribution in [0.2, 0.25) is 0 Å². The average molecular weight is 614 g/mol. The third-order valence-electron chi connectivity index (χ3n) is 7.23. The molecule has 1 saturated heterocycles. The minimum atomic E-state index is -0.516. The summed E-state index contributed by atoms with van der Waals surface area (Å²) in [5.41, 5.74) is 2.47. The highest BCUT2D eigenvalue weighted by Gasteiger charge is 2.24. The van der Waals surface area contributed by atoms with Gasteiger partial charge in [0.05, 0.1) is 19.7 Å². The Balaban J connectivity index is 1.15. The summed E-state index contributed by atoms with van der Waals surface area (Å²) in [6, 6.07) is 20.0. The first-order valence-corrected chi connectivity index (χ1v) is 14.8. The molecule has 1 aliphatic heterocycles. The van der Waals surface area contributed by atoms with Gasteiger partial charge in [-0.2, -0.15) is 0 Å². The van der Waals surface area contributed by atoms with Crippen molar-refractivity contribution < 1.29 is 28.5 Å². The van der Waals surface area contributed by atoms with Crippen molar-refractivity contribution in [2.24, 2.45) is 0 Å².